The minimum Gasteiger partial charge on any atom is -0.493 e. The highest BCUT2D eigenvalue weighted by atomic mass is 19.1. The number of carbonyl (C=O) groups excluding carboxylic acids is 1. The molecule has 0 aliphatic carbocycles. The zero-order valence-electron chi connectivity index (χ0n) is 18.7. The Hall–Kier alpha value is -3.39. The van der Waals surface area contributed by atoms with Crippen molar-refractivity contribution in [1.29, 1.82) is 0 Å². The number of carbonyl (C=O) groups is 1. The second kappa shape index (κ2) is 11.3. The molecule has 0 saturated carbocycles. The fourth-order valence-electron chi connectivity index (χ4n) is 3.25. The summed E-state index contributed by atoms with van der Waals surface area (Å²) >= 11 is 0. The van der Waals surface area contributed by atoms with E-state index in [0.717, 1.165) is 25.2 Å². The topological polar surface area (TPSA) is 68.6 Å². The Morgan fingerprint density at radius 2 is 1.94 bits per heavy atom. The summed E-state index contributed by atoms with van der Waals surface area (Å²) in [6, 6.07) is 13.2. The first-order valence-corrected chi connectivity index (χ1v) is 10.7. The number of likely N-dealkylation sites (N-methyl/N-ethyl adjacent to an activating group) is 1. The quantitative estimate of drug-likeness (QED) is 0.493. The second-order valence-electron chi connectivity index (χ2n) is 7.17. The maximum Gasteiger partial charge on any atom is 0.272 e. The molecule has 0 saturated heterocycles. The third kappa shape index (κ3) is 6.07. The predicted octanol–water partition coefficient (Wildman–Crippen LogP) is 3.67. The Morgan fingerprint density at radius 3 is 2.66 bits per heavy atom. The molecule has 0 aliphatic heterocycles. The summed E-state index contributed by atoms with van der Waals surface area (Å²) < 4.78 is 26.2. The van der Waals surface area contributed by atoms with Crippen LogP contribution in [0.15, 0.2) is 54.7 Å². The lowest BCUT2D eigenvalue weighted by Gasteiger charge is -2.19. The highest BCUT2D eigenvalue weighted by molar-refractivity contribution is 5.92. The van der Waals surface area contributed by atoms with Crippen molar-refractivity contribution in [3.63, 3.8) is 0 Å². The summed E-state index contributed by atoms with van der Waals surface area (Å²) in [4.78, 5) is 14.8. The van der Waals surface area contributed by atoms with Gasteiger partial charge in [-0.3, -0.25) is 4.79 Å². The number of rotatable bonds is 11. The van der Waals surface area contributed by atoms with Crippen molar-refractivity contribution in [3.05, 3.63) is 71.8 Å². The van der Waals surface area contributed by atoms with Gasteiger partial charge in [-0.1, -0.05) is 26.0 Å². The lowest BCUT2D eigenvalue weighted by atomic mass is 10.2. The molecule has 0 unspecified atom stereocenters. The summed E-state index contributed by atoms with van der Waals surface area (Å²) in [6.45, 7) is 7.94. The molecule has 0 aliphatic rings. The van der Waals surface area contributed by atoms with Crippen LogP contribution in [-0.4, -0.2) is 53.9 Å². The second-order valence-corrected chi connectivity index (χ2v) is 7.17. The van der Waals surface area contributed by atoms with Crippen LogP contribution in [0.2, 0.25) is 0 Å². The van der Waals surface area contributed by atoms with E-state index in [4.69, 9.17) is 9.47 Å². The number of halogens is 1. The molecule has 1 aromatic heterocycles. The van der Waals surface area contributed by atoms with E-state index in [2.05, 4.69) is 29.2 Å². The monoisotopic (exact) mass is 440 g/mol. The van der Waals surface area contributed by atoms with E-state index in [1.54, 1.807) is 31.5 Å². The standard InChI is InChI=1S/C24H29FN4O3/c1-4-28(5-2)13-14-32-22-10-9-18(15-23(22)31-3)17-26-24(30)21-11-12-29(27-21)20-8-6-7-19(25)16-20/h6-12,15-16H,4-5,13-14,17H2,1-3H3,(H,26,30). The Bertz CT molecular complexity index is 1030. The van der Waals surface area contributed by atoms with E-state index in [9.17, 15) is 9.18 Å². The number of hydrogen-bond donors (Lipinski definition) is 1. The lowest BCUT2D eigenvalue weighted by molar-refractivity contribution is 0.0945. The van der Waals surface area contributed by atoms with E-state index in [0.29, 0.717) is 30.3 Å². The first kappa shape index (κ1) is 23.3. The van der Waals surface area contributed by atoms with E-state index >= 15 is 0 Å². The number of amides is 1. The van der Waals surface area contributed by atoms with Crippen LogP contribution in [0.5, 0.6) is 11.5 Å². The van der Waals surface area contributed by atoms with E-state index in [-0.39, 0.29) is 17.4 Å². The van der Waals surface area contributed by atoms with Crippen LogP contribution in [0, 0.1) is 5.82 Å². The van der Waals surface area contributed by atoms with Crippen LogP contribution in [0.3, 0.4) is 0 Å². The van der Waals surface area contributed by atoms with Gasteiger partial charge in [-0.2, -0.15) is 5.10 Å². The molecule has 32 heavy (non-hydrogen) atoms. The van der Waals surface area contributed by atoms with Gasteiger partial charge >= 0.3 is 0 Å². The summed E-state index contributed by atoms with van der Waals surface area (Å²) in [6.07, 6.45) is 1.62. The van der Waals surface area contributed by atoms with Crippen LogP contribution in [0.4, 0.5) is 4.39 Å². The van der Waals surface area contributed by atoms with Gasteiger partial charge in [0.25, 0.3) is 5.91 Å². The molecule has 2 aromatic carbocycles. The Morgan fingerprint density at radius 1 is 1.12 bits per heavy atom. The fourth-order valence-corrected chi connectivity index (χ4v) is 3.25. The Kier molecular flexibility index (Phi) is 8.21. The fraction of sp³-hybridized carbons (Fsp3) is 0.333. The van der Waals surface area contributed by atoms with Crippen LogP contribution in [-0.2, 0) is 6.54 Å². The molecular weight excluding hydrogens is 411 g/mol. The van der Waals surface area contributed by atoms with Crippen molar-refractivity contribution in [2.75, 3.05) is 33.4 Å². The number of methoxy groups -OCH3 is 1. The highest BCUT2D eigenvalue weighted by Crippen LogP contribution is 2.28. The number of nitrogens with zero attached hydrogens (tertiary/aromatic N) is 3. The molecule has 3 rings (SSSR count). The van der Waals surface area contributed by atoms with Crippen molar-refractivity contribution < 1.29 is 18.7 Å². The number of nitrogens with one attached hydrogen (secondary N) is 1. The smallest absolute Gasteiger partial charge is 0.272 e. The van der Waals surface area contributed by atoms with Crippen molar-refractivity contribution in [2.45, 2.75) is 20.4 Å². The van der Waals surface area contributed by atoms with Gasteiger partial charge < -0.3 is 19.7 Å². The summed E-state index contributed by atoms with van der Waals surface area (Å²) in [5.41, 5.74) is 1.67. The molecule has 8 heteroatoms. The van der Waals surface area contributed by atoms with E-state index in [1.165, 1.54) is 16.8 Å². The molecule has 0 atom stereocenters. The first-order valence-electron chi connectivity index (χ1n) is 10.7. The third-order valence-corrected chi connectivity index (χ3v) is 5.14. The van der Waals surface area contributed by atoms with Gasteiger partial charge in [0.05, 0.1) is 12.8 Å². The van der Waals surface area contributed by atoms with Crippen LogP contribution in [0.1, 0.15) is 29.9 Å². The molecule has 1 heterocycles. The molecule has 1 amide bonds. The Balaban J connectivity index is 1.57. The minimum atomic E-state index is -0.363. The van der Waals surface area contributed by atoms with Crippen molar-refractivity contribution in [3.8, 4) is 17.2 Å². The molecule has 0 radical (unpaired) electrons. The molecule has 170 valence electrons. The zero-order chi connectivity index (χ0) is 22.9. The minimum absolute atomic E-state index is 0.248. The molecule has 0 spiro atoms. The average molecular weight is 441 g/mol. The maximum atomic E-state index is 13.4. The molecule has 0 fully saturated rings. The van der Waals surface area contributed by atoms with Crippen molar-refractivity contribution in [1.82, 2.24) is 20.0 Å². The van der Waals surface area contributed by atoms with Gasteiger partial charge in [0.1, 0.15) is 12.4 Å². The summed E-state index contributed by atoms with van der Waals surface area (Å²) in [7, 11) is 1.59. The molecular formula is C24H29FN4O3. The number of aromatic nitrogens is 2. The SMILES string of the molecule is CCN(CC)CCOc1ccc(CNC(=O)c2ccn(-c3cccc(F)c3)n2)cc1OC. The molecule has 0 bridgehead atoms. The van der Waals surface area contributed by atoms with Crippen molar-refractivity contribution >= 4 is 5.91 Å². The van der Waals surface area contributed by atoms with E-state index < -0.39 is 0 Å². The van der Waals surface area contributed by atoms with Crippen LogP contribution >= 0.6 is 0 Å². The molecule has 7 nitrogen and oxygen atoms in total. The predicted molar refractivity (Wildman–Crippen MR) is 121 cm³/mol. The van der Waals surface area contributed by atoms with Gasteiger partial charge in [-0.15, -0.1) is 0 Å². The molecule has 1 N–H and O–H groups in total. The number of hydrogen-bond acceptors (Lipinski definition) is 5. The van der Waals surface area contributed by atoms with Gasteiger partial charge in [-0.25, -0.2) is 9.07 Å². The third-order valence-electron chi connectivity index (χ3n) is 5.14. The number of benzene rings is 2. The average Bonchev–Trinajstić information content (AvgIpc) is 3.31. The normalized spacial score (nSPS) is 10.9. The van der Waals surface area contributed by atoms with Gasteiger partial charge in [0, 0.05) is 19.3 Å². The number of ether oxygens (including phenoxy) is 2. The van der Waals surface area contributed by atoms with E-state index in [1.807, 2.05) is 18.2 Å². The van der Waals surface area contributed by atoms with Gasteiger partial charge in [-0.05, 0) is 55.1 Å². The van der Waals surface area contributed by atoms with Crippen molar-refractivity contribution in [2.24, 2.45) is 0 Å². The highest BCUT2D eigenvalue weighted by Gasteiger charge is 2.12. The largest absolute Gasteiger partial charge is 0.493 e. The first-order chi connectivity index (χ1) is 15.5. The van der Waals surface area contributed by atoms with Gasteiger partial charge in [0.15, 0.2) is 17.2 Å². The van der Waals surface area contributed by atoms with Crippen LogP contribution in [0.25, 0.3) is 5.69 Å². The molecule has 3 aromatic rings. The summed E-state index contributed by atoms with van der Waals surface area (Å²) in [5.74, 6) is 0.604. The Labute approximate surface area is 187 Å². The summed E-state index contributed by atoms with van der Waals surface area (Å²) in [5, 5.41) is 7.08. The maximum absolute atomic E-state index is 13.4. The van der Waals surface area contributed by atoms with Gasteiger partial charge in [0.2, 0.25) is 0 Å². The zero-order valence-corrected chi connectivity index (χ0v) is 18.7. The lowest BCUT2D eigenvalue weighted by Crippen LogP contribution is -2.28. The van der Waals surface area contributed by atoms with Crippen LogP contribution < -0.4 is 14.8 Å².